The first kappa shape index (κ1) is 15.0. The fraction of sp³-hybridized carbons (Fsp3) is 0.188. The molecule has 1 aromatic carbocycles. The van der Waals surface area contributed by atoms with Crippen molar-refractivity contribution >= 4 is 5.91 Å². The molecule has 0 bridgehead atoms. The molecular weight excluding hydrogens is 297 g/mol. The summed E-state index contributed by atoms with van der Waals surface area (Å²) in [7, 11) is 3.55. The molecule has 7 heteroatoms. The first-order valence-electron chi connectivity index (χ1n) is 7.08. The monoisotopic (exact) mass is 313 g/mol. The van der Waals surface area contributed by atoms with Crippen LogP contribution in [0.4, 0.5) is 4.39 Å². The van der Waals surface area contributed by atoms with Gasteiger partial charge in [0.1, 0.15) is 11.5 Å². The predicted molar refractivity (Wildman–Crippen MR) is 83.0 cm³/mol. The van der Waals surface area contributed by atoms with E-state index in [4.69, 9.17) is 0 Å². The van der Waals surface area contributed by atoms with E-state index in [-0.39, 0.29) is 11.7 Å². The molecule has 2 heterocycles. The lowest BCUT2D eigenvalue weighted by molar-refractivity contribution is 0.0776. The van der Waals surface area contributed by atoms with Crippen molar-refractivity contribution in [3.63, 3.8) is 0 Å². The highest BCUT2D eigenvalue weighted by molar-refractivity contribution is 5.93. The van der Waals surface area contributed by atoms with Crippen LogP contribution in [0.15, 0.2) is 42.6 Å². The van der Waals surface area contributed by atoms with Crippen LogP contribution in [0.25, 0.3) is 11.3 Å². The number of nitrogens with zero attached hydrogens (tertiary/aromatic N) is 4. The number of H-pyrrole nitrogens is 1. The molecule has 0 spiro atoms. The van der Waals surface area contributed by atoms with Gasteiger partial charge in [0.15, 0.2) is 0 Å². The van der Waals surface area contributed by atoms with E-state index in [0.717, 1.165) is 11.3 Å². The Bertz CT molecular complexity index is 821. The second-order valence-corrected chi connectivity index (χ2v) is 5.28. The summed E-state index contributed by atoms with van der Waals surface area (Å²) in [6, 6.07) is 9.49. The van der Waals surface area contributed by atoms with Crippen molar-refractivity contribution in [3.8, 4) is 11.3 Å². The van der Waals surface area contributed by atoms with Crippen molar-refractivity contribution in [2.45, 2.75) is 6.54 Å². The number of nitrogens with one attached hydrogen (secondary N) is 1. The number of amides is 1. The van der Waals surface area contributed by atoms with Crippen LogP contribution in [0.5, 0.6) is 0 Å². The number of benzene rings is 1. The summed E-state index contributed by atoms with van der Waals surface area (Å²) in [4.78, 5) is 14.0. The molecule has 118 valence electrons. The van der Waals surface area contributed by atoms with Crippen molar-refractivity contribution < 1.29 is 9.18 Å². The summed E-state index contributed by atoms with van der Waals surface area (Å²) < 4.78 is 14.7. The maximum absolute atomic E-state index is 13.0. The Labute approximate surface area is 132 Å². The fourth-order valence-electron chi connectivity index (χ4n) is 2.28. The van der Waals surface area contributed by atoms with Crippen LogP contribution in [0.2, 0.25) is 0 Å². The van der Waals surface area contributed by atoms with Gasteiger partial charge >= 0.3 is 0 Å². The minimum atomic E-state index is -0.309. The normalized spacial score (nSPS) is 10.7. The Hall–Kier alpha value is -2.96. The van der Waals surface area contributed by atoms with Crippen LogP contribution in [0, 0.1) is 5.82 Å². The van der Waals surface area contributed by atoms with Crippen molar-refractivity contribution in [3.05, 3.63) is 59.8 Å². The molecule has 0 unspecified atom stereocenters. The molecule has 23 heavy (non-hydrogen) atoms. The van der Waals surface area contributed by atoms with Gasteiger partial charge in [-0.15, -0.1) is 0 Å². The molecular formula is C16H16FN5O. The zero-order chi connectivity index (χ0) is 16.4. The van der Waals surface area contributed by atoms with Gasteiger partial charge in [-0.3, -0.25) is 14.6 Å². The molecule has 2 aromatic heterocycles. The number of carbonyl (C=O) groups is 1. The molecule has 0 aliphatic carbocycles. The summed E-state index contributed by atoms with van der Waals surface area (Å²) in [5.41, 5.74) is 2.66. The van der Waals surface area contributed by atoms with Gasteiger partial charge in [0.25, 0.3) is 5.91 Å². The van der Waals surface area contributed by atoms with Crippen molar-refractivity contribution in [2.24, 2.45) is 7.05 Å². The SMILES string of the molecule is CN(Cc1ccnn1C)C(=O)c1cc(-c2ccc(F)cc2)n[nH]1. The largest absolute Gasteiger partial charge is 0.335 e. The Morgan fingerprint density at radius 3 is 2.70 bits per heavy atom. The lowest BCUT2D eigenvalue weighted by Crippen LogP contribution is -2.27. The molecule has 3 aromatic rings. The van der Waals surface area contributed by atoms with E-state index < -0.39 is 0 Å². The minimum absolute atomic E-state index is 0.174. The molecule has 0 fully saturated rings. The number of rotatable bonds is 4. The van der Waals surface area contributed by atoms with Gasteiger partial charge in [0.05, 0.1) is 17.9 Å². The molecule has 1 N–H and O–H groups in total. The van der Waals surface area contributed by atoms with E-state index in [1.54, 1.807) is 41.0 Å². The quantitative estimate of drug-likeness (QED) is 0.803. The molecule has 0 aliphatic rings. The first-order chi connectivity index (χ1) is 11.0. The number of hydrogen-bond acceptors (Lipinski definition) is 3. The highest BCUT2D eigenvalue weighted by atomic mass is 19.1. The second-order valence-electron chi connectivity index (χ2n) is 5.28. The van der Waals surface area contributed by atoms with Gasteiger partial charge in [0, 0.05) is 25.9 Å². The number of aromatic amines is 1. The van der Waals surface area contributed by atoms with E-state index in [0.29, 0.717) is 17.9 Å². The molecule has 0 aliphatic heterocycles. The van der Waals surface area contributed by atoms with E-state index in [2.05, 4.69) is 15.3 Å². The third kappa shape index (κ3) is 3.13. The topological polar surface area (TPSA) is 66.8 Å². The smallest absolute Gasteiger partial charge is 0.271 e. The standard InChI is InChI=1S/C16H16FN5O/c1-21(10-13-7-8-18-22(13)2)16(23)15-9-14(19-20-15)11-3-5-12(17)6-4-11/h3-9H,10H2,1-2H3,(H,19,20). The summed E-state index contributed by atoms with van der Waals surface area (Å²) >= 11 is 0. The number of aromatic nitrogens is 4. The van der Waals surface area contributed by atoms with E-state index in [1.807, 2.05) is 13.1 Å². The number of aryl methyl sites for hydroxylation is 1. The third-order valence-corrected chi connectivity index (χ3v) is 3.62. The predicted octanol–water partition coefficient (Wildman–Crippen LogP) is 2.22. The Morgan fingerprint density at radius 1 is 1.30 bits per heavy atom. The number of halogens is 1. The summed E-state index contributed by atoms with van der Waals surface area (Å²) in [6.07, 6.45) is 1.69. The fourth-order valence-corrected chi connectivity index (χ4v) is 2.28. The zero-order valence-electron chi connectivity index (χ0n) is 12.8. The van der Waals surface area contributed by atoms with Crippen molar-refractivity contribution in [1.29, 1.82) is 0 Å². The molecule has 0 atom stereocenters. The van der Waals surface area contributed by atoms with Crippen molar-refractivity contribution in [1.82, 2.24) is 24.9 Å². The molecule has 0 saturated carbocycles. The van der Waals surface area contributed by atoms with Crippen LogP contribution in [0.3, 0.4) is 0 Å². The second kappa shape index (κ2) is 6.04. The highest BCUT2D eigenvalue weighted by Gasteiger charge is 2.16. The van der Waals surface area contributed by atoms with Gasteiger partial charge in [-0.1, -0.05) is 0 Å². The Balaban J connectivity index is 1.75. The van der Waals surface area contributed by atoms with Crippen LogP contribution >= 0.6 is 0 Å². The molecule has 3 rings (SSSR count). The van der Waals surface area contributed by atoms with Gasteiger partial charge in [0.2, 0.25) is 0 Å². The van der Waals surface area contributed by atoms with Gasteiger partial charge in [-0.25, -0.2) is 4.39 Å². The van der Waals surface area contributed by atoms with E-state index >= 15 is 0 Å². The highest BCUT2D eigenvalue weighted by Crippen LogP contribution is 2.18. The lowest BCUT2D eigenvalue weighted by atomic mass is 10.1. The Morgan fingerprint density at radius 2 is 2.04 bits per heavy atom. The lowest BCUT2D eigenvalue weighted by Gasteiger charge is -2.15. The van der Waals surface area contributed by atoms with E-state index in [1.165, 1.54) is 12.1 Å². The average Bonchev–Trinajstić information content (AvgIpc) is 3.17. The average molecular weight is 313 g/mol. The first-order valence-corrected chi connectivity index (χ1v) is 7.08. The van der Waals surface area contributed by atoms with Gasteiger partial charge < -0.3 is 4.90 Å². The summed E-state index contributed by atoms with van der Waals surface area (Å²) in [5, 5.41) is 10.9. The maximum Gasteiger partial charge on any atom is 0.271 e. The van der Waals surface area contributed by atoms with Crippen molar-refractivity contribution in [2.75, 3.05) is 7.05 Å². The van der Waals surface area contributed by atoms with Crippen LogP contribution in [0.1, 0.15) is 16.2 Å². The maximum atomic E-state index is 13.0. The molecule has 0 saturated heterocycles. The summed E-state index contributed by atoms with van der Waals surface area (Å²) in [6.45, 7) is 0.445. The molecule has 0 radical (unpaired) electrons. The summed E-state index contributed by atoms with van der Waals surface area (Å²) in [5.74, 6) is -0.483. The van der Waals surface area contributed by atoms with Crippen LogP contribution in [-0.2, 0) is 13.6 Å². The molecule has 6 nitrogen and oxygen atoms in total. The zero-order valence-corrected chi connectivity index (χ0v) is 12.8. The van der Waals surface area contributed by atoms with Gasteiger partial charge in [-0.05, 0) is 36.4 Å². The minimum Gasteiger partial charge on any atom is -0.335 e. The van der Waals surface area contributed by atoms with E-state index in [9.17, 15) is 9.18 Å². The molecule has 1 amide bonds. The van der Waals surface area contributed by atoms with Gasteiger partial charge in [-0.2, -0.15) is 10.2 Å². The number of carbonyl (C=O) groups excluding carboxylic acids is 1. The Kier molecular flexibility index (Phi) is 3.92. The number of hydrogen-bond donors (Lipinski definition) is 1. The van der Waals surface area contributed by atoms with Crippen LogP contribution in [-0.4, -0.2) is 37.8 Å². The van der Waals surface area contributed by atoms with Crippen LogP contribution < -0.4 is 0 Å². The third-order valence-electron chi connectivity index (χ3n) is 3.62.